The molecule has 0 aliphatic rings. The van der Waals surface area contributed by atoms with Crippen molar-refractivity contribution < 1.29 is 9.90 Å². The van der Waals surface area contributed by atoms with Crippen LogP contribution in [0, 0.1) is 0 Å². The van der Waals surface area contributed by atoms with Crippen LogP contribution in [0.1, 0.15) is 19.3 Å². The summed E-state index contributed by atoms with van der Waals surface area (Å²) < 4.78 is 0. The van der Waals surface area contributed by atoms with Gasteiger partial charge in [-0.05, 0) is 37.1 Å². The van der Waals surface area contributed by atoms with E-state index in [1.165, 1.54) is 0 Å². The van der Waals surface area contributed by atoms with Crippen molar-refractivity contribution >= 4 is 22.5 Å². The average Bonchev–Trinajstić information content (AvgIpc) is 2.39. The Morgan fingerprint density at radius 2 is 2.17 bits per heavy atom. The van der Waals surface area contributed by atoms with Crippen LogP contribution in [-0.2, 0) is 4.79 Å². The molecule has 1 aromatic carbocycles. The molecule has 2 rings (SSSR count). The number of fused-ring (bicyclic) bond motifs is 1. The molecule has 18 heavy (non-hydrogen) atoms. The topological polar surface area (TPSA) is 62.2 Å². The zero-order valence-corrected chi connectivity index (χ0v) is 10.1. The Balaban J connectivity index is 2.01. The molecule has 0 saturated heterocycles. The normalized spacial score (nSPS) is 10.5. The Morgan fingerprint density at radius 1 is 1.28 bits per heavy atom. The minimum Gasteiger partial charge on any atom is -0.396 e. The number of rotatable bonds is 5. The number of nitrogens with one attached hydrogen (secondary N) is 1. The smallest absolute Gasteiger partial charge is 0.224 e. The Labute approximate surface area is 106 Å². The van der Waals surface area contributed by atoms with Crippen LogP contribution in [0.5, 0.6) is 0 Å². The number of carbonyl (C=O) groups excluding carboxylic acids is 1. The Kier molecular flexibility index (Phi) is 4.25. The molecule has 4 heteroatoms. The third-order valence-corrected chi connectivity index (χ3v) is 2.70. The van der Waals surface area contributed by atoms with E-state index in [0.29, 0.717) is 19.3 Å². The van der Waals surface area contributed by atoms with Crippen LogP contribution < -0.4 is 5.32 Å². The summed E-state index contributed by atoms with van der Waals surface area (Å²) >= 11 is 0. The van der Waals surface area contributed by atoms with E-state index in [-0.39, 0.29) is 12.5 Å². The number of aliphatic hydroxyl groups is 1. The lowest BCUT2D eigenvalue weighted by Gasteiger charge is -2.06. The highest BCUT2D eigenvalue weighted by molar-refractivity contribution is 5.93. The van der Waals surface area contributed by atoms with Crippen LogP contribution >= 0.6 is 0 Å². The number of aliphatic hydroxyl groups excluding tert-OH is 1. The standard InChI is InChI=1S/C14H16N2O2/c17-9-2-1-5-14(18)16-12-6-7-13-11(10-12)4-3-8-15-13/h3-4,6-8,10,17H,1-2,5,9H2,(H,16,18). The van der Waals surface area contributed by atoms with E-state index in [0.717, 1.165) is 16.6 Å². The fourth-order valence-electron chi connectivity index (χ4n) is 1.77. The molecule has 4 nitrogen and oxygen atoms in total. The molecule has 2 aromatic rings. The van der Waals surface area contributed by atoms with Gasteiger partial charge in [0.1, 0.15) is 0 Å². The van der Waals surface area contributed by atoms with Gasteiger partial charge in [0, 0.05) is 30.3 Å². The maximum atomic E-state index is 11.6. The molecule has 0 saturated carbocycles. The van der Waals surface area contributed by atoms with E-state index in [2.05, 4.69) is 10.3 Å². The van der Waals surface area contributed by atoms with Crippen molar-refractivity contribution in [3.05, 3.63) is 36.5 Å². The maximum absolute atomic E-state index is 11.6. The van der Waals surface area contributed by atoms with Crippen LogP contribution in [0.15, 0.2) is 36.5 Å². The molecule has 2 N–H and O–H groups in total. The summed E-state index contributed by atoms with van der Waals surface area (Å²) in [6, 6.07) is 9.48. The molecule has 0 unspecified atom stereocenters. The van der Waals surface area contributed by atoms with Crippen LogP contribution in [0.25, 0.3) is 10.9 Å². The lowest BCUT2D eigenvalue weighted by molar-refractivity contribution is -0.116. The fourth-order valence-corrected chi connectivity index (χ4v) is 1.77. The number of amides is 1. The van der Waals surface area contributed by atoms with Crippen molar-refractivity contribution in [3.8, 4) is 0 Å². The molecule has 0 fully saturated rings. The molecular formula is C14H16N2O2. The van der Waals surface area contributed by atoms with Crippen LogP contribution in [0.3, 0.4) is 0 Å². The van der Waals surface area contributed by atoms with Crippen LogP contribution in [0.4, 0.5) is 5.69 Å². The van der Waals surface area contributed by atoms with E-state index >= 15 is 0 Å². The molecule has 1 heterocycles. The number of benzene rings is 1. The van der Waals surface area contributed by atoms with Gasteiger partial charge in [-0.3, -0.25) is 9.78 Å². The van der Waals surface area contributed by atoms with Gasteiger partial charge in [0.05, 0.1) is 5.52 Å². The molecule has 1 amide bonds. The second-order valence-electron chi connectivity index (χ2n) is 4.14. The number of pyridine rings is 1. The number of unbranched alkanes of at least 4 members (excludes halogenated alkanes) is 1. The van der Waals surface area contributed by atoms with Gasteiger partial charge in [0.15, 0.2) is 0 Å². The van der Waals surface area contributed by atoms with E-state index in [1.807, 2.05) is 30.3 Å². The first-order chi connectivity index (χ1) is 8.79. The molecule has 94 valence electrons. The van der Waals surface area contributed by atoms with Gasteiger partial charge in [-0.1, -0.05) is 6.07 Å². The molecule has 1 aromatic heterocycles. The number of carbonyl (C=O) groups is 1. The average molecular weight is 244 g/mol. The lowest BCUT2D eigenvalue weighted by atomic mass is 10.2. The first-order valence-electron chi connectivity index (χ1n) is 6.05. The molecule has 0 spiro atoms. The minimum absolute atomic E-state index is 0.0216. The summed E-state index contributed by atoms with van der Waals surface area (Å²) in [5, 5.41) is 12.5. The fraction of sp³-hybridized carbons (Fsp3) is 0.286. The first kappa shape index (κ1) is 12.5. The zero-order chi connectivity index (χ0) is 12.8. The third-order valence-electron chi connectivity index (χ3n) is 2.70. The van der Waals surface area contributed by atoms with Gasteiger partial charge in [-0.15, -0.1) is 0 Å². The van der Waals surface area contributed by atoms with Crippen molar-refractivity contribution in [2.75, 3.05) is 11.9 Å². The van der Waals surface area contributed by atoms with Crippen LogP contribution in [-0.4, -0.2) is 22.6 Å². The number of anilines is 1. The summed E-state index contributed by atoms with van der Waals surface area (Å²) in [6.07, 6.45) is 3.55. The summed E-state index contributed by atoms with van der Waals surface area (Å²) in [6.45, 7) is 0.134. The molecule has 0 bridgehead atoms. The number of hydrogen-bond acceptors (Lipinski definition) is 3. The molecular weight excluding hydrogens is 228 g/mol. The molecule has 0 atom stereocenters. The number of aromatic nitrogens is 1. The van der Waals surface area contributed by atoms with Gasteiger partial charge in [-0.2, -0.15) is 0 Å². The quantitative estimate of drug-likeness (QED) is 0.793. The van der Waals surface area contributed by atoms with Gasteiger partial charge in [0.2, 0.25) is 5.91 Å². The SMILES string of the molecule is O=C(CCCCO)Nc1ccc2ncccc2c1. The second kappa shape index (κ2) is 6.12. The van der Waals surface area contributed by atoms with Gasteiger partial charge >= 0.3 is 0 Å². The van der Waals surface area contributed by atoms with Gasteiger partial charge in [0.25, 0.3) is 0 Å². The van der Waals surface area contributed by atoms with Crippen molar-refractivity contribution in [2.45, 2.75) is 19.3 Å². The van der Waals surface area contributed by atoms with Crippen molar-refractivity contribution in [1.82, 2.24) is 4.98 Å². The number of nitrogens with zero attached hydrogens (tertiary/aromatic N) is 1. The first-order valence-corrected chi connectivity index (χ1v) is 6.05. The Hall–Kier alpha value is -1.94. The monoisotopic (exact) mass is 244 g/mol. The Morgan fingerprint density at radius 3 is 3.00 bits per heavy atom. The van der Waals surface area contributed by atoms with Crippen molar-refractivity contribution in [1.29, 1.82) is 0 Å². The van der Waals surface area contributed by atoms with E-state index in [4.69, 9.17) is 5.11 Å². The minimum atomic E-state index is -0.0216. The van der Waals surface area contributed by atoms with Crippen molar-refractivity contribution in [3.63, 3.8) is 0 Å². The maximum Gasteiger partial charge on any atom is 0.224 e. The highest BCUT2D eigenvalue weighted by Crippen LogP contribution is 2.17. The summed E-state index contributed by atoms with van der Waals surface area (Å²) in [5.74, 6) is -0.0216. The third kappa shape index (κ3) is 3.28. The summed E-state index contributed by atoms with van der Waals surface area (Å²) in [4.78, 5) is 15.8. The number of hydrogen-bond donors (Lipinski definition) is 2. The van der Waals surface area contributed by atoms with Gasteiger partial charge < -0.3 is 10.4 Å². The second-order valence-corrected chi connectivity index (χ2v) is 4.14. The van der Waals surface area contributed by atoms with Crippen LogP contribution in [0.2, 0.25) is 0 Å². The molecule has 0 aliphatic carbocycles. The highest BCUT2D eigenvalue weighted by Gasteiger charge is 2.03. The largest absolute Gasteiger partial charge is 0.396 e. The predicted octanol–water partition coefficient (Wildman–Crippen LogP) is 2.34. The van der Waals surface area contributed by atoms with E-state index < -0.39 is 0 Å². The lowest BCUT2D eigenvalue weighted by Crippen LogP contribution is -2.11. The molecule has 0 aliphatic heterocycles. The predicted molar refractivity (Wildman–Crippen MR) is 71.3 cm³/mol. The zero-order valence-electron chi connectivity index (χ0n) is 10.1. The van der Waals surface area contributed by atoms with Crippen molar-refractivity contribution in [2.24, 2.45) is 0 Å². The van der Waals surface area contributed by atoms with Gasteiger partial charge in [-0.25, -0.2) is 0 Å². The molecule has 0 radical (unpaired) electrons. The Bertz CT molecular complexity index is 540. The highest BCUT2D eigenvalue weighted by atomic mass is 16.2. The summed E-state index contributed by atoms with van der Waals surface area (Å²) in [5.41, 5.74) is 1.69. The van der Waals surface area contributed by atoms with E-state index in [9.17, 15) is 4.79 Å². The van der Waals surface area contributed by atoms with E-state index in [1.54, 1.807) is 6.20 Å². The summed E-state index contributed by atoms with van der Waals surface area (Å²) in [7, 11) is 0.